The second-order valence-electron chi connectivity index (χ2n) is 26.7. The molecule has 8 heterocycles. The van der Waals surface area contributed by atoms with Crippen molar-refractivity contribution in [3.63, 3.8) is 0 Å². The first kappa shape index (κ1) is 62.7. The number of nitrogens with zero attached hydrogens (tertiary/aromatic N) is 9. The number of piperazine rings is 1. The summed E-state index contributed by atoms with van der Waals surface area (Å²) in [6.07, 6.45) is 13.1. The molecule has 1 spiro atoms. The van der Waals surface area contributed by atoms with Crippen molar-refractivity contribution in [3.05, 3.63) is 87.6 Å². The Hall–Kier alpha value is -5.91. The average Bonchev–Trinajstić information content (AvgIpc) is 3.60. The molecule has 2 aromatic carbocycles. The Labute approximate surface area is 516 Å². The molecule has 0 unspecified atom stereocenters. The molecule has 0 bridgehead atoms. The summed E-state index contributed by atoms with van der Waals surface area (Å²) in [5, 5.41) is 18.9. The third-order valence-corrected chi connectivity index (χ3v) is 20.9. The lowest BCUT2D eigenvalue weighted by Crippen LogP contribution is -2.64. The maximum absolute atomic E-state index is 15.7. The highest BCUT2D eigenvalue weighted by atomic mass is 32.1. The van der Waals surface area contributed by atoms with E-state index in [1.165, 1.54) is 23.5 Å². The first-order valence-electron chi connectivity index (χ1n) is 32.3. The van der Waals surface area contributed by atoms with Crippen molar-refractivity contribution in [1.82, 2.24) is 55.8 Å². The fourth-order valence-electron chi connectivity index (χ4n) is 14.6. The normalized spacial score (nSPS) is 23.4. The van der Waals surface area contributed by atoms with Crippen LogP contribution in [0.25, 0.3) is 0 Å². The second-order valence-corrected chi connectivity index (χ2v) is 27.6. The van der Waals surface area contributed by atoms with Crippen LogP contribution in [-0.2, 0) is 20.9 Å². The van der Waals surface area contributed by atoms with Gasteiger partial charge in [0.05, 0.1) is 30.9 Å². The number of hydrogen-bond acceptors (Lipinski definition) is 17. The lowest BCUT2D eigenvalue weighted by atomic mass is 9.82. The number of carbonyl (C=O) groups is 4. The highest BCUT2D eigenvalue weighted by Gasteiger charge is 2.43. The maximum Gasteiger partial charge on any atom is 0.246 e. The number of likely N-dealkylation sites (tertiary alicyclic amines) is 4. The summed E-state index contributed by atoms with van der Waals surface area (Å²) in [5.74, 6) is 2.22. The third kappa shape index (κ3) is 15.6. The van der Waals surface area contributed by atoms with Gasteiger partial charge in [-0.3, -0.25) is 29.0 Å². The molecule has 5 atom stereocenters. The van der Waals surface area contributed by atoms with Crippen LogP contribution in [0.3, 0.4) is 0 Å². The minimum atomic E-state index is -0.590. The molecule has 3 amide bonds. The van der Waals surface area contributed by atoms with Crippen LogP contribution in [0.4, 0.5) is 26.1 Å². The van der Waals surface area contributed by atoms with Crippen molar-refractivity contribution < 1.29 is 32.7 Å². The molecule has 0 radical (unpaired) electrons. The van der Waals surface area contributed by atoms with Crippen molar-refractivity contribution in [2.75, 3.05) is 133 Å². The number of carbonyl (C=O) groups excluding carboxylic acids is 4. The van der Waals surface area contributed by atoms with Crippen LogP contribution in [0.2, 0.25) is 0 Å². The lowest BCUT2D eigenvalue weighted by molar-refractivity contribution is -0.139. The zero-order chi connectivity index (χ0) is 60.7. The summed E-state index contributed by atoms with van der Waals surface area (Å²) in [4.78, 5) is 81.4. The molecule has 1 aliphatic carbocycles. The predicted molar refractivity (Wildman–Crippen MR) is 335 cm³/mol. The smallest absolute Gasteiger partial charge is 0.246 e. The van der Waals surface area contributed by atoms with E-state index in [1.807, 2.05) is 15.9 Å². The van der Waals surface area contributed by atoms with Crippen molar-refractivity contribution in [1.29, 1.82) is 0 Å². The van der Waals surface area contributed by atoms with E-state index in [0.29, 0.717) is 91.3 Å². The number of piperidine rings is 2. The number of likely N-dealkylation sites (N-methyl/N-ethyl adjacent to an activating group) is 1. The van der Waals surface area contributed by atoms with Gasteiger partial charge in [0.2, 0.25) is 23.5 Å². The standard InChI is InChI=1S/C65H92F2N14O5S/c1-44(68-4)61(84)75-59(45-11-6-5-7-12-45)63(85)81-24-9-15-54(81)62-74-53(41-87-62)60(83)46-13-8-14-50(31-46)86-30-22-70-58(82)40-78-38-48-36-77(37-49(48)39-78)23-10-20-69-56-34-57(72-43-71-56)79-27-18-65(19-28-79)42-80(29-21-73-65)55-33-51(66)47(32-52(55)67)35-76-25-16-64(2,3)17-26-76/h8,13-14,31-34,41,43-45,48-49,54,59,68,73H,5-7,9-12,15-30,35-40,42H2,1-4H3,(H,70,82)(H,75,84)(H,69,71,72)/t44-,48-,49+,54-,59-/m0/s1. The van der Waals surface area contributed by atoms with Gasteiger partial charge in [0, 0.05) is 113 Å². The highest BCUT2D eigenvalue weighted by Crippen LogP contribution is 2.39. The Morgan fingerprint density at radius 3 is 2.37 bits per heavy atom. The number of thiazole rings is 1. The van der Waals surface area contributed by atoms with E-state index in [2.05, 4.69) is 70.0 Å². The molecule has 472 valence electrons. The molecular weight excluding hydrogens is 1130 g/mol. The molecule has 7 fully saturated rings. The number of ketones is 1. The highest BCUT2D eigenvalue weighted by molar-refractivity contribution is 7.10. The van der Waals surface area contributed by atoms with Crippen molar-refractivity contribution in [3.8, 4) is 5.75 Å². The van der Waals surface area contributed by atoms with Crippen LogP contribution in [0, 0.1) is 34.8 Å². The van der Waals surface area contributed by atoms with Gasteiger partial charge >= 0.3 is 0 Å². The van der Waals surface area contributed by atoms with Gasteiger partial charge in [-0.2, -0.15) is 0 Å². The molecule has 2 aromatic heterocycles. The minimum absolute atomic E-state index is 0.0314. The fourth-order valence-corrected chi connectivity index (χ4v) is 15.5. The quantitative estimate of drug-likeness (QED) is 0.0388. The summed E-state index contributed by atoms with van der Waals surface area (Å²) < 4.78 is 37.3. The summed E-state index contributed by atoms with van der Waals surface area (Å²) >= 11 is 1.39. The van der Waals surface area contributed by atoms with Gasteiger partial charge in [-0.25, -0.2) is 23.7 Å². The first-order chi connectivity index (χ1) is 42.1. The van der Waals surface area contributed by atoms with Gasteiger partial charge in [-0.05, 0) is 133 Å². The van der Waals surface area contributed by atoms with Crippen molar-refractivity contribution in [2.45, 2.75) is 128 Å². The Balaban J connectivity index is 0.561. The Morgan fingerprint density at radius 2 is 1.60 bits per heavy atom. The number of hydrogen-bond donors (Lipinski definition) is 5. The van der Waals surface area contributed by atoms with Gasteiger partial charge in [0.15, 0.2) is 0 Å². The monoisotopic (exact) mass is 1220 g/mol. The molecule has 1 saturated carbocycles. The topological polar surface area (TPSA) is 196 Å². The summed E-state index contributed by atoms with van der Waals surface area (Å²) in [6.45, 7) is 19.3. The van der Waals surface area contributed by atoms with Crippen LogP contribution in [-0.4, -0.2) is 194 Å². The Kier molecular flexibility index (Phi) is 20.4. The van der Waals surface area contributed by atoms with E-state index in [9.17, 15) is 19.2 Å². The van der Waals surface area contributed by atoms with Crippen LogP contribution in [0.15, 0.2) is 54.2 Å². The number of aromatic nitrogens is 3. The summed E-state index contributed by atoms with van der Waals surface area (Å²) in [6, 6.07) is 10.7. The molecule has 19 nitrogen and oxygen atoms in total. The number of halogens is 2. The number of nitrogens with one attached hydrogen (secondary N) is 5. The molecule has 6 aliphatic heterocycles. The lowest BCUT2D eigenvalue weighted by Gasteiger charge is -2.49. The van der Waals surface area contributed by atoms with Gasteiger partial charge in [-0.15, -0.1) is 11.3 Å². The molecular formula is C65H92F2N14O5S. The molecule has 5 N–H and O–H groups in total. The van der Waals surface area contributed by atoms with Gasteiger partial charge < -0.3 is 50.9 Å². The molecule has 22 heteroatoms. The van der Waals surface area contributed by atoms with E-state index >= 15 is 8.78 Å². The SMILES string of the molecule is CN[C@@H](C)C(=O)N[C@H](C(=O)N1CCC[C@H]1c1nc(C(=O)c2cccc(OCCNC(=O)CN3C[C@H]4CN(CCCNc5cc(N6CCC7(CC6)CN(c6cc(F)c(CN8CCC(C)(C)CC8)cc6F)CCN7)ncn5)C[C@H]4C3)c2)cs1)C1CCCCC1. The number of benzene rings is 2. The summed E-state index contributed by atoms with van der Waals surface area (Å²) in [5.41, 5.74) is 1.67. The number of ether oxygens (including phenoxy) is 1. The molecule has 7 aliphatic rings. The third-order valence-electron chi connectivity index (χ3n) is 20.0. The first-order valence-corrected chi connectivity index (χ1v) is 33.2. The average molecular weight is 1220 g/mol. The van der Waals surface area contributed by atoms with Crippen LogP contribution >= 0.6 is 11.3 Å². The molecule has 6 saturated heterocycles. The Bertz CT molecular complexity index is 3000. The fraction of sp³-hybridized carbons (Fsp3) is 0.646. The predicted octanol–water partition coefficient (Wildman–Crippen LogP) is 6.71. The largest absolute Gasteiger partial charge is 0.492 e. The van der Waals surface area contributed by atoms with E-state index in [-0.39, 0.29) is 59.2 Å². The van der Waals surface area contributed by atoms with Crippen LogP contribution < -0.4 is 41.1 Å². The number of fused-ring (bicyclic) bond motifs is 1. The zero-order valence-electron chi connectivity index (χ0n) is 51.6. The van der Waals surface area contributed by atoms with Crippen LogP contribution in [0.5, 0.6) is 5.75 Å². The van der Waals surface area contributed by atoms with E-state index in [0.717, 1.165) is 159 Å². The molecule has 87 heavy (non-hydrogen) atoms. The number of anilines is 3. The molecule has 11 rings (SSSR count). The Morgan fingerprint density at radius 1 is 0.828 bits per heavy atom. The summed E-state index contributed by atoms with van der Waals surface area (Å²) in [7, 11) is 1.74. The van der Waals surface area contributed by atoms with E-state index < -0.39 is 12.1 Å². The van der Waals surface area contributed by atoms with Crippen LogP contribution in [0.1, 0.15) is 130 Å². The molecule has 4 aromatic rings. The number of amides is 3. The van der Waals surface area contributed by atoms with E-state index in [4.69, 9.17) is 9.72 Å². The maximum atomic E-state index is 15.7. The van der Waals surface area contributed by atoms with Crippen molar-refractivity contribution >= 4 is 52.2 Å². The van der Waals surface area contributed by atoms with Crippen molar-refractivity contribution in [2.24, 2.45) is 23.2 Å². The van der Waals surface area contributed by atoms with Gasteiger partial charge in [0.1, 0.15) is 58.7 Å². The number of rotatable bonds is 23. The zero-order valence-corrected chi connectivity index (χ0v) is 52.4. The minimum Gasteiger partial charge on any atom is -0.492 e. The second kappa shape index (κ2) is 28.3. The van der Waals surface area contributed by atoms with E-state index in [1.54, 1.807) is 49.9 Å². The van der Waals surface area contributed by atoms with Gasteiger partial charge in [0.25, 0.3) is 0 Å². The van der Waals surface area contributed by atoms with Gasteiger partial charge in [-0.1, -0.05) is 45.2 Å².